The Morgan fingerprint density at radius 1 is 1.50 bits per heavy atom. The Hall–Kier alpha value is -1.20. The standard InChI is InChI=1S/C13H20N4S/c1-17(2)7-6-15-13-10(12(14)18)8-9-4-3-5-11(9)16-13/h8H,3-7H2,1-2H3,(H2,14,18)(H,15,16). The SMILES string of the molecule is CN(C)CCNc1nc2c(cc1C(N)=S)CCC2. The summed E-state index contributed by atoms with van der Waals surface area (Å²) in [6.45, 7) is 1.80. The number of fused-ring (bicyclic) bond motifs is 1. The fraction of sp³-hybridized carbons (Fsp3) is 0.538. The second kappa shape index (κ2) is 5.63. The lowest BCUT2D eigenvalue weighted by Crippen LogP contribution is -2.23. The molecule has 0 radical (unpaired) electrons. The van der Waals surface area contributed by atoms with Gasteiger partial charge in [0.1, 0.15) is 10.8 Å². The van der Waals surface area contributed by atoms with Crippen LogP contribution < -0.4 is 11.1 Å². The highest BCUT2D eigenvalue weighted by Gasteiger charge is 2.17. The van der Waals surface area contributed by atoms with Gasteiger partial charge in [0.05, 0.1) is 5.56 Å². The summed E-state index contributed by atoms with van der Waals surface area (Å²) in [5.74, 6) is 0.838. The molecule has 1 aromatic heterocycles. The number of nitrogens with zero attached hydrogens (tertiary/aromatic N) is 2. The molecule has 1 aliphatic rings. The molecule has 1 heterocycles. The first-order valence-electron chi connectivity index (χ1n) is 6.29. The first-order valence-corrected chi connectivity index (χ1v) is 6.70. The summed E-state index contributed by atoms with van der Waals surface area (Å²) in [5, 5.41) is 3.34. The number of anilines is 1. The predicted molar refractivity (Wildman–Crippen MR) is 79.2 cm³/mol. The molecule has 1 aliphatic carbocycles. The van der Waals surface area contributed by atoms with Gasteiger partial charge in [0.25, 0.3) is 0 Å². The number of aromatic nitrogens is 1. The maximum Gasteiger partial charge on any atom is 0.136 e. The molecule has 0 saturated carbocycles. The zero-order valence-corrected chi connectivity index (χ0v) is 11.8. The number of pyridine rings is 1. The molecule has 0 saturated heterocycles. The molecule has 0 unspecified atom stereocenters. The van der Waals surface area contributed by atoms with E-state index in [1.54, 1.807) is 0 Å². The summed E-state index contributed by atoms with van der Waals surface area (Å²) in [6.07, 6.45) is 3.34. The van der Waals surface area contributed by atoms with Gasteiger partial charge in [0, 0.05) is 18.8 Å². The van der Waals surface area contributed by atoms with Crippen molar-refractivity contribution in [1.82, 2.24) is 9.88 Å². The van der Waals surface area contributed by atoms with Gasteiger partial charge in [0.2, 0.25) is 0 Å². The molecule has 0 aliphatic heterocycles. The van der Waals surface area contributed by atoms with Crippen molar-refractivity contribution in [3.8, 4) is 0 Å². The zero-order chi connectivity index (χ0) is 13.1. The van der Waals surface area contributed by atoms with E-state index in [1.807, 2.05) is 14.1 Å². The highest BCUT2D eigenvalue weighted by atomic mass is 32.1. The first-order chi connectivity index (χ1) is 8.58. The Balaban J connectivity index is 2.19. The van der Waals surface area contributed by atoms with Crippen molar-refractivity contribution in [1.29, 1.82) is 0 Å². The van der Waals surface area contributed by atoms with Gasteiger partial charge in [-0.2, -0.15) is 0 Å². The van der Waals surface area contributed by atoms with Crippen LogP contribution in [0.5, 0.6) is 0 Å². The Morgan fingerprint density at radius 2 is 2.28 bits per heavy atom. The van der Waals surface area contributed by atoms with Crippen LogP contribution in [0.4, 0.5) is 5.82 Å². The number of rotatable bonds is 5. The van der Waals surface area contributed by atoms with Gasteiger partial charge < -0.3 is 16.0 Å². The Kier molecular flexibility index (Phi) is 4.14. The third kappa shape index (κ3) is 2.97. The summed E-state index contributed by atoms with van der Waals surface area (Å²) >= 11 is 5.11. The third-order valence-corrected chi connectivity index (χ3v) is 3.39. The van der Waals surface area contributed by atoms with Crippen molar-refractivity contribution in [3.63, 3.8) is 0 Å². The van der Waals surface area contributed by atoms with E-state index < -0.39 is 0 Å². The highest BCUT2D eigenvalue weighted by molar-refractivity contribution is 7.80. The molecule has 0 bridgehead atoms. The lowest BCUT2D eigenvalue weighted by molar-refractivity contribution is 0.425. The average molecular weight is 264 g/mol. The fourth-order valence-electron chi connectivity index (χ4n) is 2.19. The first kappa shape index (κ1) is 13.2. The number of hydrogen-bond acceptors (Lipinski definition) is 4. The molecule has 5 heteroatoms. The number of nitrogens with one attached hydrogen (secondary N) is 1. The summed E-state index contributed by atoms with van der Waals surface area (Å²) < 4.78 is 0. The van der Waals surface area contributed by atoms with Crippen LogP contribution in [-0.2, 0) is 12.8 Å². The minimum Gasteiger partial charge on any atom is -0.389 e. The minimum atomic E-state index is 0.421. The molecule has 0 spiro atoms. The molecule has 2 rings (SSSR count). The van der Waals surface area contributed by atoms with Crippen LogP contribution in [0.15, 0.2) is 6.07 Å². The quantitative estimate of drug-likeness (QED) is 0.782. The summed E-state index contributed by atoms with van der Waals surface area (Å²) in [4.78, 5) is 7.22. The van der Waals surface area contributed by atoms with E-state index in [0.717, 1.165) is 37.3 Å². The maximum atomic E-state index is 5.78. The van der Waals surface area contributed by atoms with E-state index in [4.69, 9.17) is 18.0 Å². The van der Waals surface area contributed by atoms with Crippen LogP contribution >= 0.6 is 12.2 Å². The van der Waals surface area contributed by atoms with Gasteiger partial charge in [-0.3, -0.25) is 0 Å². The molecular weight excluding hydrogens is 244 g/mol. The van der Waals surface area contributed by atoms with Crippen LogP contribution in [0.2, 0.25) is 0 Å². The van der Waals surface area contributed by atoms with Gasteiger partial charge in [0.15, 0.2) is 0 Å². The van der Waals surface area contributed by atoms with Gasteiger partial charge >= 0.3 is 0 Å². The van der Waals surface area contributed by atoms with Crippen LogP contribution in [-0.4, -0.2) is 42.1 Å². The van der Waals surface area contributed by atoms with Crippen LogP contribution in [0.1, 0.15) is 23.2 Å². The largest absolute Gasteiger partial charge is 0.389 e. The predicted octanol–water partition coefficient (Wildman–Crippen LogP) is 1.18. The van der Waals surface area contributed by atoms with Gasteiger partial charge in [-0.1, -0.05) is 12.2 Å². The molecule has 0 aromatic carbocycles. The van der Waals surface area contributed by atoms with E-state index in [-0.39, 0.29) is 0 Å². The van der Waals surface area contributed by atoms with Crippen molar-refractivity contribution in [2.75, 3.05) is 32.5 Å². The monoisotopic (exact) mass is 264 g/mol. The van der Waals surface area contributed by atoms with Crippen LogP contribution in [0.25, 0.3) is 0 Å². The summed E-state index contributed by atoms with van der Waals surface area (Å²) in [7, 11) is 4.10. The Morgan fingerprint density at radius 3 is 2.94 bits per heavy atom. The van der Waals surface area contributed by atoms with Gasteiger partial charge in [-0.25, -0.2) is 4.98 Å². The molecular formula is C13H20N4S. The Bertz CT molecular complexity index is 457. The number of thiocarbonyl (C=S) groups is 1. The van der Waals surface area contributed by atoms with Gasteiger partial charge in [-0.15, -0.1) is 0 Å². The number of likely N-dealkylation sites (N-methyl/N-ethyl adjacent to an activating group) is 1. The van der Waals surface area contributed by atoms with Crippen molar-refractivity contribution in [2.24, 2.45) is 5.73 Å². The fourth-order valence-corrected chi connectivity index (χ4v) is 2.35. The van der Waals surface area contributed by atoms with E-state index in [2.05, 4.69) is 21.3 Å². The van der Waals surface area contributed by atoms with Crippen molar-refractivity contribution >= 4 is 23.0 Å². The highest BCUT2D eigenvalue weighted by Crippen LogP contribution is 2.25. The number of hydrogen-bond donors (Lipinski definition) is 2. The van der Waals surface area contributed by atoms with Crippen molar-refractivity contribution in [2.45, 2.75) is 19.3 Å². The van der Waals surface area contributed by atoms with Crippen molar-refractivity contribution in [3.05, 3.63) is 22.9 Å². The van der Waals surface area contributed by atoms with Crippen LogP contribution in [0, 0.1) is 0 Å². The smallest absolute Gasteiger partial charge is 0.136 e. The lowest BCUT2D eigenvalue weighted by atomic mass is 10.1. The van der Waals surface area contributed by atoms with E-state index in [0.29, 0.717) is 4.99 Å². The Labute approximate surface area is 114 Å². The number of nitrogens with two attached hydrogens (primary N) is 1. The van der Waals surface area contributed by atoms with Crippen molar-refractivity contribution < 1.29 is 0 Å². The number of aryl methyl sites for hydroxylation is 2. The zero-order valence-electron chi connectivity index (χ0n) is 11.0. The topological polar surface area (TPSA) is 54.2 Å². The third-order valence-electron chi connectivity index (χ3n) is 3.17. The van der Waals surface area contributed by atoms with E-state index in [1.165, 1.54) is 17.7 Å². The van der Waals surface area contributed by atoms with Crippen LogP contribution in [0.3, 0.4) is 0 Å². The lowest BCUT2D eigenvalue weighted by Gasteiger charge is -2.14. The molecule has 0 amide bonds. The van der Waals surface area contributed by atoms with E-state index in [9.17, 15) is 0 Å². The molecule has 0 fully saturated rings. The molecule has 3 N–H and O–H groups in total. The minimum absolute atomic E-state index is 0.421. The molecule has 4 nitrogen and oxygen atoms in total. The molecule has 18 heavy (non-hydrogen) atoms. The molecule has 98 valence electrons. The second-order valence-electron chi connectivity index (χ2n) is 4.94. The second-order valence-corrected chi connectivity index (χ2v) is 5.38. The summed E-state index contributed by atoms with van der Waals surface area (Å²) in [5.41, 5.74) is 9.16. The average Bonchev–Trinajstić information content (AvgIpc) is 2.74. The molecule has 0 atom stereocenters. The maximum absolute atomic E-state index is 5.78. The van der Waals surface area contributed by atoms with Gasteiger partial charge in [-0.05, 0) is 45.0 Å². The normalized spacial score (nSPS) is 13.7. The van der Waals surface area contributed by atoms with E-state index >= 15 is 0 Å². The summed E-state index contributed by atoms with van der Waals surface area (Å²) in [6, 6.07) is 2.11. The molecule has 1 aromatic rings.